The summed E-state index contributed by atoms with van der Waals surface area (Å²) in [4.78, 5) is 22.2. The number of fused-ring (bicyclic) bond motifs is 1. The smallest absolute Gasteiger partial charge is 0.252 e. The number of aromatic nitrogens is 2. The van der Waals surface area contributed by atoms with E-state index in [4.69, 9.17) is 0 Å². The molecule has 0 aliphatic carbocycles. The molecule has 5 heteroatoms. The Morgan fingerprint density at radius 2 is 1.86 bits per heavy atom. The fourth-order valence-corrected chi connectivity index (χ4v) is 3.46. The van der Waals surface area contributed by atoms with Gasteiger partial charge in [-0.1, -0.05) is 48.5 Å². The minimum absolute atomic E-state index is 0.104. The summed E-state index contributed by atoms with van der Waals surface area (Å²) in [6, 6.07) is 20.3. The molecular weight excluding hydrogens is 360 g/mol. The molecule has 0 aliphatic rings. The number of amides is 1. The number of rotatable bonds is 7. The van der Waals surface area contributed by atoms with Gasteiger partial charge in [0.2, 0.25) is 0 Å². The SMILES string of the molecule is CN(Cc1ccccc1)c1cncc(C(=O)NCCc2c[nH]c3ccccc23)c1. The lowest BCUT2D eigenvalue weighted by atomic mass is 10.1. The lowest BCUT2D eigenvalue weighted by molar-refractivity contribution is 0.0954. The van der Waals surface area contributed by atoms with Gasteiger partial charge < -0.3 is 15.2 Å². The number of nitrogens with one attached hydrogen (secondary N) is 2. The minimum Gasteiger partial charge on any atom is -0.369 e. The first-order valence-corrected chi connectivity index (χ1v) is 9.74. The molecule has 0 aliphatic heterocycles. The number of hydrogen-bond donors (Lipinski definition) is 2. The minimum atomic E-state index is -0.104. The van der Waals surface area contributed by atoms with Crippen LogP contribution in [0.3, 0.4) is 0 Å². The van der Waals surface area contributed by atoms with Crippen LogP contribution in [-0.4, -0.2) is 29.5 Å². The van der Waals surface area contributed by atoms with E-state index in [-0.39, 0.29) is 5.91 Å². The Labute approximate surface area is 170 Å². The van der Waals surface area contributed by atoms with Crippen molar-refractivity contribution in [2.24, 2.45) is 0 Å². The predicted octanol–water partition coefficient (Wildman–Crippen LogP) is 4.17. The van der Waals surface area contributed by atoms with Gasteiger partial charge in [0, 0.05) is 43.4 Å². The summed E-state index contributed by atoms with van der Waals surface area (Å²) >= 11 is 0. The van der Waals surface area contributed by atoms with Gasteiger partial charge in [-0.05, 0) is 29.7 Å². The zero-order valence-corrected chi connectivity index (χ0v) is 16.4. The lowest BCUT2D eigenvalue weighted by Crippen LogP contribution is -2.26. The molecule has 2 aromatic carbocycles. The molecule has 0 bridgehead atoms. The summed E-state index contributed by atoms with van der Waals surface area (Å²) in [7, 11) is 2.00. The number of nitrogens with zero attached hydrogens (tertiary/aromatic N) is 2. The van der Waals surface area contributed by atoms with Gasteiger partial charge in [0.05, 0.1) is 17.4 Å². The normalized spacial score (nSPS) is 10.8. The molecule has 1 amide bonds. The van der Waals surface area contributed by atoms with Crippen LogP contribution in [-0.2, 0) is 13.0 Å². The standard InChI is InChI=1S/C24H24N4O/c1-28(17-18-7-3-2-4-8-18)21-13-20(14-25-16-21)24(29)26-12-11-19-15-27-23-10-6-5-9-22(19)23/h2-10,13-16,27H,11-12,17H2,1H3,(H,26,29). The van der Waals surface area contributed by atoms with Crippen molar-refractivity contribution in [1.29, 1.82) is 0 Å². The van der Waals surface area contributed by atoms with Crippen molar-refractivity contribution in [1.82, 2.24) is 15.3 Å². The molecule has 0 spiro atoms. The highest BCUT2D eigenvalue weighted by atomic mass is 16.1. The second-order valence-electron chi connectivity index (χ2n) is 7.14. The summed E-state index contributed by atoms with van der Waals surface area (Å²) in [5, 5.41) is 4.21. The monoisotopic (exact) mass is 384 g/mol. The number of H-pyrrole nitrogens is 1. The molecule has 0 saturated carbocycles. The molecule has 4 rings (SSSR count). The molecule has 2 aromatic heterocycles. The Morgan fingerprint density at radius 1 is 1.07 bits per heavy atom. The van der Waals surface area contributed by atoms with E-state index in [0.29, 0.717) is 12.1 Å². The van der Waals surface area contributed by atoms with Gasteiger partial charge in [0.15, 0.2) is 0 Å². The summed E-state index contributed by atoms with van der Waals surface area (Å²) in [5.74, 6) is -0.104. The molecule has 29 heavy (non-hydrogen) atoms. The summed E-state index contributed by atoms with van der Waals surface area (Å²) in [6.45, 7) is 1.33. The average Bonchev–Trinajstić information content (AvgIpc) is 3.18. The van der Waals surface area contributed by atoms with Crippen LogP contribution in [0.1, 0.15) is 21.5 Å². The fourth-order valence-electron chi connectivity index (χ4n) is 3.46. The first-order valence-electron chi connectivity index (χ1n) is 9.74. The molecule has 2 N–H and O–H groups in total. The largest absolute Gasteiger partial charge is 0.369 e. The van der Waals surface area contributed by atoms with Crippen LogP contribution in [0.4, 0.5) is 5.69 Å². The molecule has 4 aromatic rings. The molecule has 0 fully saturated rings. The molecule has 0 saturated heterocycles. The van der Waals surface area contributed by atoms with Crippen molar-refractivity contribution < 1.29 is 4.79 Å². The number of benzene rings is 2. The van der Waals surface area contributed by atoms with E-state index < -0.39 is 0 Å². The first-order chi connectivity index (χ1) is 14.2. The second kappa shape index (κ2) is 8.61. The third-order valence-electron chi connectivity index (χ3n) is 5.04. The predicted molar refractivity (Wildman–Crippen MR) is 117 cm³/mol. The van der Waals surface area contributed by atoms with Gasteiger partial charge in [0.1, 0.15) is 0 Å². The van der Waals surface area contributed by atoms with Crippen LogP contribution in [0, 0.1) is 0 Å². The highest BCUT2D eigenvalue weighted by Gasteiger charge is 2.10. The van der Waals surface area contributed by atoms with E-state index in [2.05, 4.69) is 44.5 Å². The van der Waals surface area contributed by atoms with Gasteiger partial charge in [-0.2, -0.15) is 0 Å². The highest BCUT2D eigenvalue weighted by Crippen LogP contribution is 2.18. The molecule has 146 valence electrons. The molecule has 0 atom stereocenters. The van der Waals surface area contributed by atoms with Crippen LogP contribution in [0.2, 0.25) is 0 Å². The molecular formula is C24H24N4O. The Balaban J connectivity index is 1.37. The highest BCUT2D eigenvalue weighted by molar-refractivity contribution is 5.94. The number of hydrogen-bond acceptors (Lipinski definition) is 3. The summed E-state index contributed by atoms with van der Waals surface area (Å²) in [5.41, 5.74) is 5.02. The van der Waals surface area contributed by atoms with Crippen LogP contribution in [0.15, 0.2) is 79.3 Å². The molecule has 0 radical (unpaired) electrons. The fraction of sp³-hybridized carbons (Fsp3) is 0.167. The van der Waals surface area contributed by atoms with Crippen LogP contribution < -0.4 is 10.2 Å². The van der Waals surface area contributed by atoms with E-state index in [1.807, 2.05) is 49.6 Å². The van der Waals surface area contributed by atoms with E-state index in [9.17, 15) is 4.79 Å². The summed E-state index contributed by atoms with van der Waals surface area (Å²) in [6.07, 6.45) is 6.18. The van der Waals surface area contributed by atoms with Crippen molar-refractivity contribution in [2.75, 3.05) is 18.5 Å². The maximum Gasteiger partial charge on any atom is 0.252 e. The number of pyridine rings is 1. The van der Waals surface area contributed by atoms with Gasteiger partial charge >= 0.3 is 0 Å². The maximum atomic E-state index is 12.6. The van der Waals surface area contributed by atoms with Crippen LogP contribution in [0.25, 0.3) is 10.9 Å². The summed E-state index contributed by atoms with van der Waals surface area (Å²) < 4.78 is 0. The number of aromatic amines is 1. The van der Waals surface area contributed by atoms with Crippen molar-refractivity contribution in [3.8, 4) is 0 Å². The quantitative estimate of drug-likeness (QED) is 0.503. The molecule has 5 nitrogen and oxygen atoms in total. The number of carbonyl (C=O) groups excluding carboxylic acids is 1. The first kappa shape index (κ1) is 18.7. The Hall–Kier alpha value is -3.60. The Bertz CT molecular complexity index is 1100. The van der Waals surface area contributed by atoms with Gasteiger partial charge in [0.25, 0.3) is 5.91 Å². The van der Waals surface area contributed by atoms with E-state index >= 15 is 0 Å². The molecule has 2 heterocycles. The Morgan fingerprint density at radius 3 is 2.72 bits per heavy atom. The number of anilines is 1. The van der Waals surface area contributed by atoms with Crippen LogP contribution in [0.5, 0.6) is 0 Å². The number of carbonyl (C=O) groups is 1. The second-order valence-corrected chi connectivity index (χ2v) is 7.14. The lowest BCUT2D eigenvalue weighted by Gasteiger charge is -2.19. The number of para-hydroxylation sites is 1. The topological polar surface area (TPSA) is 61.0 Å². The van der Waals surface area contributed by atoms with Gasteiger partial charge in [-0.25, -0.2) is 0 Å². The zero-order valence-electron chi connectivity index (χ0n) is 16.4. The van der Waals surface area contributed by atoms with Crippen molar-refractivity contribution in [2.45, 2.75) is 13.0 Å². The van der Waals surface area contributed by atoms with E-state index in [0.717, 1.165) is 24.2 Å². The van der Waals surface area contributed by atoms with E-state index in [1.165, 1.54) is 16.5 Å². The van der Waals surface area contributed by atoms with Crippen LogP contribution >= 0.6 is 0 Å². The maximum absolute atomic E-state index is 12.6. The zero-order chi connectivity index (χ0) is 20.1. The van der Waals surface area contributed by atoms with Gasteiger partial charge in [-0.3, -0.25) is 9.78 Å². The van der Waals surface area contributed by atoms with Crippen molar-refractivity contribution in [3.05, 3.63) is 95.9 Å². The van der Waals surface area contributed by atoms with Crippen molar-refractivity contribution >= 4 is 22.5 Å². The average molecular weight is 384 g/mol. The van der Waals surface area contributed by atoms with Crippen molar-refractivity contribution in [3.63, 3.8) is 0 Å². The Kier molecular flexibility index (Phi) is 5.56. The van der Waals surface area contributed by atoms with Gasteiger partial charge in [-0.15, -0.1) is 0 Å². The van der Waals surface area contributed by atoms with E-state index in [1.54, 1.807) is 12.4 Å². The third-order valence-corrected chi connectivity index (χ3v) is 5.04. The third kappa shape index (κ3) is 4.46. The molecule has 0 unspecified atom stereocenters.